The van der Waals surface area contributed by atoms with Crippen LogP contribution in [0, 0.1) is 5.82 Å². The second-order valence-electron chi connectivity index (χ2n) is 5.83. The second-order valence-corrected chi connectivity index (χ2v) is 5.83. The van der Waals surface area contributed by atoms with Crippen molar-refractivity contribution < 1.29 is 4.39 Å². The zero-order valence-corrected chi connectivity index (χ0v) is 12.5. The van der Waals surface area contributed by atoms with E-state index in [1.54, 1.807) is 12.1 Å². The van der Waals surface area contributed by atoms with Gasteiger partial charge >= 0.3 is 0 Å². The van der Waals surface area contributed by atoms with E-state index in [0.29, 0.717) is 0 Å². The summed E-state index contributed by atoms with van der Waals surface area (Å²) in [5.41, 5.74) is 5.36. The number of nitrogens with one attached hydrogen (secondary N) is 1. The molecule has 0 amide bonds. The molecular formula is C19H22FN. The molecule has 0 heterocycles. The minimum absolute atomic E-state index is 0.156. The van der Waals surface area contributed by atoms with E-state index < -0.39 is 0 Å². The van der Waals surface area contributed by atoms with Gasteiger partial charge < -0.3 is 5.32 Å². The van der Waals surface area contributed by atoms with Crippen molar-refractivity contribution in [3.05, 3.63) is 70.5 Å². The summed E-state index contributed by atoms with van der Waals surface area (Å²) in [4.78, 5) is 0. The normalized spacial score (nSPS) is 15.0. The number of hydrogen-bond donors (Lipinski definition) is 1. The lowest BCUT2D eigenvalue weighted by molar-refractivity contribution is 0.546. The van der Waals surface area contributed by atoms with Gasteiger partial charge in [0, 0.05) is 6.04 Å². The van der Waals surface area contributed by atoms with Gasteiger partial charge in [0.15, 0.2) is 0 Å². The Morgan fingerprint density at radius 1 is 1.10 bits per heavy atom. The zero-order chi connectivity index (χ0) is 14.7. The number of halogens is 1. The van der Waals surface area contributed by atoms with Crippen molar-refractivity contribution in [1.82, 2.24) is 5.32 Å². The van der Waals surface area contributed by atoms with Crippen molar-refractivity contribution >= 4 is 0 Å². The number of fused-ring (bicyclic) bond motifs is 1. The van der Waals surface area contributed by atoms with E-state index in [0.717, 1.165) is 18.5 Å². The van der Waals surface area contributed by atoms with Crippen LogP contribution in [-0.4, -0.2) is 6.54 Å². The molecule has 1 N–H and O–H groups in total. The first-order chi connectivity index (χ1) is 10.3. The van der Waals surface area contributed by atoms with Crippen molar-refractivity contribution in [2.45, 2.75) is 38.6 Å². The van der Waals surface area contributed by atoms with Gasteiger partial charge in [-0.15, -0.1) is 0 Å². The van der Waals surface area contributed by atoms with Crippen molar-refractivity contribution in [2.24, 2.45) is 0 Å². The molecule has 0 saturated heterocycles. The number of rotatable bonds is 5. The molecule has 2 heteroatoms. The maximum absolute atomic E-state index is 13.4. The summed E-state index contributed by atoms with van der Waals surface area (Å²) in [6.45, 7) is 3.03. The van der Waals surface area contributed by atoms with E-state index in [4.69, 9.17) is 0 Å². The van der Waals surface area contributed by atoms with Crippen LogP contribution in [0.1, 0.15) is 41.6 Å². The van der Waals surface area contributed by atoms with Crippen LogP contribution in [0.15, 0.2) is 42.5 Å². The molecule has 0 aromatic heterocycles. The monoisotopic (exact) mass is 283 g/mol. The number of likely N-dealkylation sites (N-methyl/N-ethyl adjacent to an activating group) is 1. The van der Waals surface area contributed by atoms with Gasteiger partial charge in [-0.25, -0.2) is 4.39 Å². The van der Waals surface area contributed by atoms with E-state index in [1.807, 2.05) is 6.07 Å². The summed E-state index contributed by atoms with van der Waals surface area (Å²) in [7, 11) is 0. The molecule has 0 bridgehead atoms. The fourth-order valence-electron chi connectivity index (χ4n) is 3.26. The highest BCUT2D eigenvalue weighted by atomic mass is 19.1. The molecule has 110 valence electrons. The SMILES string of the molecule is CCNC(Cc1cccc(F)c1)c1ccc2c(c1)CCC2. The van der Waals surface area contributed by atoms with Crippen LogP contribution in [0.3, 0.4) is 0 Å². The number of hydrogen-bond acceptors (Lipinski definition) is 1. The Bertz CT molecular complexity index is 621. The van der Waals surface area contributed by atoms with Crippen LogP contribution in [0.5, 0.6) is 0 Å². The summed E-state index contributed by atoms with van der Waals surface area (Å²) in [6, 6.07) is 14.0. The Morgan fingerprint density at radius 2 is 1.95 bits per heavy atom. The predicted octanol–water partition coefficient (Wildman–Crippen LogP) is 4.21. The molecule has 1 atom stereocenters. The molecular weight excluding hydrogens is 261 g/mol. The minimum atomic E-state index is -0.156. The molecule has 0 fully saturated rings. The largest absolute Gasteiger partial charge is 0.310 e. The van der Waals surface area contributed by atoms with Crippen LogP contribution in [-0.2, 0) is 19.3 Å². The third-order valence-electron chi connectivity index (χ3n) is 4.30. The van der Waals surface area contributed by atoms with E-state index in [9.17, 15) is 4.39 Å². The fourth-order valence-corrected chi connectivity index (χ4v) is 3.26. The molecule has 1 aliphatic carbocycles. The average Bonchev–Trinajstić information content (AvgIpc) is 2.94. The number of aryl methyl sites for hydroxylation is 2. The predicted molar refractivity (Wildman–Crippen MR) is 85.0 cm³/mol. The van der Waals surface area contributed by atoms with Crippen molar-refractivity contribution in [1.29, 1.82) is 0 Å². The average molecular weight is 283 g/mol. The number of benzene rings is 2. The van der Waals surface area contributed by atoms with Gasteiger partial charge in [0.1, 0.15) is 5.82 Å². The smallest absolute Gasteiger partial charge is 0.123 e. The Kier molecular flexibility index (Phi) is 4.35. The minimum Gasteiger partial charge on any atom is -0.310 e. The van der Waals surface area contributed by atoms with Crippen LogP contribution < -0.4 is 5.32 Å². The highest BCUT2D eigenvalue weighted by Crippen LogP contribution is 2.27. The fraction of sp³-hybridized carbons (Fsp3) is 0.368. The molecule has 0 radical (unpaired) electrons. The van der Waals surface area contributed by atoms with Crippen molar-refractivity contribution in [3.8, 4) is 0 Å². The van der Waals surface area contributed by atoms with Crippen LogP contribution in [0.2, 0.25) is 0 Å². The summed E-state index contributed by atoms with van der Waals surface area (Å²) < 4.78 is 13.4. The standard InChI is InChI=1S/C19H22FN/c1-2-21-19(12-14-5-3-8-18(20)11-14)17-10-9-15-6-4-7-16(15)13-17/h3,5,8-11,13,19,21H,2,4,6-7,12H2,1H3. The Morgan fingerprint density at radius 3 is 2.76 bits per heavy atom. The molecule has 0 spiro atoms. The van der Waals surface area contributed by atoms with Gasteiger partial charge in [-0.2, -0.15) is 0 Å². The van der Waals surface area contributed by atoms with E-state index in [1.165, 1.54) is 42.0 Å². The van der Waals surface area contributed by atoms with Crippen LogP contribution in [0.4, 0.5) is 4.39 Å². The van der Waals surface area contributed by atoms with E-state index in [-0.39, 0.29) is 11.9 Å². The molecule has 2 aromatic rings. The first-order valence-electron chi connectivity index (χ1n) is 7.86. The summed E-state index contributed by atoms with van der Waals surface area (Å²) >= 11 is 0. The summed E-state index contributed by atoms with van der Waals surface area (Å²) in [6.07, 6.45) is 4.51. The van der Waals surface area contributed by atoms with Gasteiger partial charge in [-0.3, -0.25) is 0 Å². The summed E-state index contributed by atoms with van der Waals surface area (Å²) in [5, 5.41) is 3.54. The third kappa shape index (κ3) is 3.33. The van der Waals surface area contributed by atoms with E-state index >= 15 is 0 Å². The quantitative estimate of drug-likeness (QED) is 0.867. The highest BCUT2D eigenvalue weighted by Gasteiger charge is 2.16. The topological polar surface area (TPSA) is 12.0 Å². The lowest BCUT2D eigenvalue weighted by Gasteiger charge is -2.19. The zero-order valence-electron chi connectivity index (χ0n) is 12.5. The molecule has 3 rings (SSSR count). The highest BCUT2D eigenvalue weighted by molar-refractivity contribution is 5.37. The molecule has 0 saturated carbocycles. The first-order valence-corrected chi connectivity index (χ1v) is 7.86. The third-order valence-corrected chi connectivity index (χ3v) is 4.30. The summed E-state index contributed by atoms with van der Waals surface area (Å²) in [5.74, 6) is -0.156. The van der Waals surface area contributed by atoms with Crippen molar-refractivity contribution in [3.63, 3.8) is 0 Å². The lowest BCUT2D eigenvalue weighted by atomic mass is 9.96. The molecule has 2 aromatic carbocycles. The van der Waals surface area contributed by atoms with Gasteiger partial charge in [-0.1, -0.05) is 37.3 Å². The van der Waals surface area contributed by atoms with Gasteiger partial charge in [0.25, 0.3) is 0 Å². The Labute approximate surface area is 126 Å². The second kappa shape index (κ2) is 6.40. The van der Waals surface area contributed by atoms with Gasteiger partial charge in [-0.05, 0) is 66.6 Å². The molecule has 1 nitrogen and oxygen atoms in total. The lowest BCUT2D eigenvalue weighted by Crippen LogP contribution is -2.23. The molecule has 1 aliphatic rings. The molecule has 1 unspecified atom stereocenters. The van der Waals surface area contributed by atoms with Gasteiger partial charge in [0.2, 0.25) is 0 Å². The maximum atomic E-state index is 13.4. The van der Waals surface area contributed by atoms with Crippen LogP contribution >= 0.6 is 0 Å². The van der Waals surface area contributed by atoms with Crippen molar-refractivity contribution in [2.75, 3.05) is 6.54 Å². The molecule has 21 heavy (non-hydrogen) atoms. The first kappa shape index (κ1) is 14.3. The molecule has 0 aliphatic heterocycles. The van der Waals surface area contributed by atoms with Gasteiger partial charge in [0.05, 0.1) is 0 Å². The Hall–Kier alpha value is -1.67. The van der Waals surface area contributed by atoms with E-state index in [2.05, 4.69) is 30.4 Å². The Balaban J connectivity index is 1.84. The van der Waals surface area contributed by atoms with Crippen LogP contribution in [0.25, 0.3) is 0 Å². The maximum Gasteiger partial charge on any atom is 0.123 e.